The first kappa shape index (κ1) is 12.3. The molecule has 0 aliphatic rings. The second-order valence-electron chi connectivity index (χ2n) is 3.95. The summed E-state index contributed by atoms with van der Waals surface area (Å²) in [6.45, 7) is 0. The van der Waals surface area contributed by atoms with Gasteiger partial charge in [-0.15, -0.1) is 0 Å². The van der Waals surface area contributed by atoms with E-state index in [1.807, 2.05) is 0 Å². The molecule has 0 radical (unpaired) electrons. The Labute approximate surface area is 110 Å². The molecule has 3 aromatic rings. The third-order valence-electron chi connectivity index (χ3n) is 2.59. The molecule has 102 valence electrons. The van der Waals surface area contributed by atoms with Gasteiger partial charge in [-0.2, -0.15) is 13.2 Å². The van der Waals surface area contributed by atoms with Crippen molar-refractivity contribution in [3.05, 3.63) is 36.5 Å². The highest BCUT2D eigenvalue weighted by atomic mass is 19.4. The molecule has 0 aromatic carbocycles. The molecule has 2 N–H and O–H groups in total. The molecule has 0 unspecified atom stereocenters. The summed E-state index contributed by atoms with van der Waals surface area (Å²) < 4.78 is 39.2. The van der Waals surface area contributed by atoms with Crippen molar-refractivity contribution in [1.29, 1.82) is 0 Å². The highest BCUT2D eigenvalue weighted by Crippen LogP contribution is 2.28. The average molecular weight is 280 g/mol. The molecule has 0 saturated heterocycles. The fraction of sp³-hybridized carbons (Fsp3) is 0.0909. The van der Waals surface area contributed by atoms with Crippen LogP contribution in [0, 0.1) is 0 Å². The number of rotatable bonds is 1. The number of anilines is 1. The van der Waals surface area contributed by atoms with E-state index in [2.05, 4.69) is 19.9 Å². The number of imidazole rings is 1. The minimum Gasteiger partial charge on any atom is -0.384 e. The third-order valence-corrected chi connectivity index (χ3v) is 2.59. The maximum Gasteiger partial charge on any atom is 0.434 e. The maximum atomic E-state index is 12.7. The summed E-state index contributed by atoms with van der Waals surface area (Å²) >= 11 is 0. The van der Waals surface area contributed by atoms with Gasteiger partial charge in [0.1, 0.15) is 11.5 Å². The van der Waals surface area contributed by atoms with Crippen LogP contribution in [0.4, 0.5) is 19.0 Å². The standard InChI is InChI=1S/C11H7F3N6/c12-11(13,14)7-5-20-6(3-18-9(20)4-17-7)10-16-2-1-8(15)19-10/h1-5H,(H2,15,16,19). The molecule has 3 heterocycles. The predicted octanol–water partition coefficient (Wildman–Crippen LogP) is 1.79. The molecule has 0 atom stereocenters. The summed E-state index contributed by atoms with van der Waals surface area (Å²) in [5, 5.41) is 0. The summed E-state index contributed by atoms with van der Waals surface area (Å²) in [6, 6.07) is 1.48. The van der Waals surface area contributed by atoms with E-state index < -0.39 is 11.9 Å². The number of alkyl halides is 3. The molecule has 9 heteroatoms. The van der Waals surface area contributed by atoms with Crippen LogP contribution in [-0.2, 0) is 6.18 Å². The second kappa shape index (κ2) is 4.15. The Morgan fingerprint density at radius 3 is 2.60 bits per heavy atom. The van der Waals surface area contributed by atoms with Crippen molar-refractivity contribution in [2.75, 3.05) is 5.73 Å². The maximum absolute atomic E-state index is 12.7. The molecule has 0 aliphatic carbocycles. The van der Waals surface area contributed by atoms with Crippen LogP contribution in [0.25, 0.3) is 17.2 Å². The van der Waals surface area contributed by atoms with Crippen molar-refractivity contribution >= 4 is 11.5 Å². The van der Waals surface area contributed by atoms with Gasteiger partial charge in [-0.1, -0.05) is 0 Å². The molecule has 0 fully saturated rings. The van der Waals surface area contributed by atoms with Crippen LogP contribution >= 0.6 is 0 Å². The summed E-state index contributed by atoms with van der Waals surface area (Å²) in [5.74, 6) is 0.409. The van der Waals surface area contributed by atoms with E-state index in [0.717, 1.165) is 12.4 Å². The van der Waals surface area contributed by atoms with Crippen LogP contribution in [0.1, 0.15) is 5.69 Å². The molecule has 0 amide bonds. The van der Waals surface area contributed by atoms with Crippen molar-refractivity contribution in [2.24, 2.45) is 0 Å². The fourth-order valence-corrected chi connectivity index (χ4v) is 1.70. The molecule has 0 bridgehead atoms. The lowest BCUT2D eigenvalue weighted by Crippen LogP contribution is -2.09. The SMILES string of the molecule is Nc1ccnc(-c2cnc3cnc(C(F)(F)F)cn23)n1. The van der Waals surface area contributed by atoms with Crippen LogP contribution in [0.5, 0.6) is 0 Å². The number of nitrogens with two attached hydrogens (primary N) is 1. The zero-order valence-corrected chi connectivity index (χ0v) is 9.83. The van der Waals surface area contributed by atoms with Crippen molar-refractivity contribution in [1.82, 2.24) is 24.3 Å². The number of nitrogens with zero attached hydrogens (tertiary/aromatic N) is 5. The monoisotopic (exact) mass is 280 g/mol. The first-order chi connectivity index (χ1) is 9.45. The highest BCUT2D eigenvalue weighted by molar-refractivity contribution is 5.57. The van der Waals surface area contributed by atoms with Crippen LogP contribution in [0.2, 0.25) is 0 Å². The smallest absolute Gasteiger partial charge is 0.384 e. The van der Waals surface area contributed by atoms with Gasteiger partial charge in [-0.05, 0) is 6.07 Å². The Morgan fingerprint density at radius 1 is 1.10 bits per heavy atom. The molecule has 0 spiro atoms. The van der Waals surface area contributed by atoms with Gasteiger partial charge >= 0.3 is 6.18 Å². The molecule has 0 saturated carbocycles. The summed E-state index contributed by atoms with van der Waals surface area (Å²) in [6.07, 6.45) is 0.143. The molecule has 0 aliphatic heterocycles. The van der Waals surface area contributed by atoms with E-state index in [1.165, 1.54) is 22.9 Å². The van der Waals surface area contributed by atoms with E-state index in [4.69, 9.17) is 5.73 Å². The van der Waals surface area contributed by atoms with Crippen molar-refractivity contribution < 1.29 is 13.2 Å². The van der Waals surface area contributed by atoms with Gasteiger partial charge in [0.25, 0.3) is 0 Å². The highest BCUT2D eigenvalue weighted by Gasteiger charge is 2.33. The van der Waals surface area contributed by atoms with Gasteiger partial charge in [-0.3, -0.25) is 4.40 Å². The Hall–Kier alpha value is -2.71. The fourth-order valence-electron chi connectivity index (χ4n) is 1.70. The Kier molecular flexibility index (Phi) is 2.56. The van der Waals surface area contributed by atoms with Gasteiger partial charge < -0.3 is 5.73 Å². The normalized spacial score (nSPS) is 11.9. The average Bonchev–Trinajstić information content (AvgIpc) is 2.80. The minimum atomic E-state index is -4.54. The Morgan fingerprint density at radius 2 is 1.90 bits per heavy atom. The zero-order valence-electron chi connectivity index (χ0n) is 9.83. The van der Waals surface area contributed by atoms with Gasteiger partial charge in [-0.25, -0.2) is 19.9 Å². The zero-order chi connectivity index (χ0) is 14.3. The number of fused-ring (bicyclic) bond motifs is 1. The molecule has 6 nitrogen and oxygen atoms in total. The van der Waals surface area contributed by atoms with Crippen LogP contribution in [-0.4, -0.2) is 24.3 Å². The van der Waals surface area contributed by atoms with E-state index >= 15 is 0 Å². The minimum absolute atomic E-state index is 0.192. The van der Waals surface area contributed by atoms with Crippen LogP contribution < -0.4 is 5.73 Å². The van der Waals surface area contributed by atoms with Crippen molar-refractivity contribution in [3.63, 3.8) is 0 Å². The summed E-state index contributed by atoms with van der Waals surface area (Å²) in [5.41, 5.74) is 5.08. The van der Waals surface area contributed by atoms with E-state index in [0.29, 0.717) is 5.69 Å². The first-order valence-corrected chi connectivity index (χ1v) is 5.44. The van der Waals surface area contributed by atoms with E-state index in [1.54, 1.807) is 0 Å². The summed E-state index contributed by atoms with van der Waals surface area (Å²) in [7, 11) is 0. The van der Waals surface area contributed by atoms with Crippen molar-refractivity contribution in [2.45, 2.75) is 6.18 Å². The van der Waals surface area contributed by atoms with Crippen molar-refractivity contribution in [3.8, 4) is 11.5 Å². The Balaban J connectivity index is 2.22. The molecule has 3 rings (SSSR count). The molecule has 3 aromatic heterocycles. The molecular weight excluding hydrogens is 273 g/mol. The van der Waals surface area contributed by atoms with Gasteiger partial charge in [0.15, 0.2) is 17.2 Å². The lowest BCUT2D eigenvalue weighted by atomic mass is 10.4. The number of aromatic nitrogens is 5. The van der Waals surface area contributed by atoms with Gasteiger partial charge in [0.05, 0.1) is 12.4 Å². The first-order valence-electron chi connectivity index (χ1n) is 5.44. The van der Waals surface area contributed by atoms with E-state index in [-0.39, 0.29) is 17.3 Å². The number of nitrogen functional groups attached to an aromatic ring is 1. The third kappa shape index (κ3) is 2.02. The van der Waals surface area contributed by atoms with Crippen LogP contribution in [0.15, 0.2) is 30.9 Å². The van der Waals surface area contributed by atoms with Crippen LogP contribution in [0.3, 0.4) is 0 Å². The Bertz CT molecular complexity index is 779. The van der Waals surface area contributed by atoms with Gasteiger partial charge in [0.2, 0.25) is 0 Å². The molecule has 20 heavy (non-hydrogen) atoms. The number of hydrogen-bond donors (Lipinski definition) is 1. The summed E-state index contributed by atoms with van der Waals surface area (Å²) in [4.78, 5) is 15.2. The van der Waals surface area contributed by atoms with E-state index in [9.17, 15) is 13.2 Å². The predicted molar refractivity (Wildman–Crippen MR) is 63.4 cm³/mol. The van der Waals surface area contributed by atoms with Gasteiger partial charge in [0, 0.05) is 12.4 Å². The number of halogens is 3. The second-order valence-corrected chi connectivity index (χ2v) is 3.95. The largest absolute Gasteiger partial charge is 0.434 e. The quantitative estimate of drug-likeness (QED) is 0.734. The lowest BCUT2D eigenvalue weighted by molar-refractivity contribution is -0.141. The lowest BCUT2D eigenvalue weighted by Gasteiger charge is -2.07. The number of hydrogen-bond acceptors (Lipinski definition) is 5. The molecular formula is C11H7F3N6. The topological polar surface area (TPSA) is 82.0 Å².